The van der Waals surface area contributed by atoms with Gasteiger partial charge < -0.3 is 10.4 Å². The summed E-state index contributed by atoms with van der Waals surface area (Å²) in [6, 6.07) is 4.67. The molecular weight excluding hydrogens is 322 g/mol. The van der Waals surface area contributed by atoms with Crippen molar-refractivity contribution >= 4 is 33.5 Å². The second-order valence-corrected chi connectivity index (χ2v) is 7.32. The number of nitrogens with one attached hydrogen (secondary N) is 1. The highest BCUT2D eigenvalue weighted by Crippen LogP contribution is 2.68. The van der Waals surface area contributed by atoms with Crippen LogP contribution in [0.25, 0.3) is 0 Å². The fourth-order valence-corrected chi connectivity index (χ4v) is 3.34. The second kappa shape index (κ2) is 4.58. The van der Waals surface area contributed by atoms with E-state index in [0.29, 0.717) is 10.2 Å². The number of aromatic carboxylic acids is 1. The first-order chi connectivity index (χ1) is 9.07. The van der Waals surface area contributed by atoms with E-state index in [-0.39, 0.29) is 28.2 Å². The molecule has 4 nitrogen and oxygen atoms in total. The molecule has 1 aliphatic carbocycles. The molecule has 1 aromatic carbocycles. The number of halogens is 1. The highest BCUT2D eigenvalue weighted by molar-refractivity contribution is 9.10. The number of hydrogen-bond donors (Lipinski definition) is 2. The minimum Gasteiger partial charge on any atom is -0.478 e. The third-order valence-electron chi connectivity index (χ3n) is 4.70. The average molecular weight is 340 g/mol. The number of rotatable bonds is 3. The van der Waals surface area contributed by atoms with Crippen LogP contribution in [0.2, 0.25) is 0 Å². The van der Waals surface area contributed by atoms with Crippen LogP contribution in [0.15, 0.2) is 22.7 Å². The fraction of sp³-hybridized carbons (Fsp3) is 0.467. The normalized spacial score (nSPS) is 19.4. The Morgan fingerprint density at radius 1 is 1.15 bits per heavy atom. The van der Waals surface area contributed by atoms with Gasteiger partial charge in [-0.15, -0.1) is 0 Å². The standard InChI is InChI=1S/C15H18BrNO3/c1-14(2)11(15(14,3)4)12(18)17-10-6-8(13(19)20)5-9(16)7-10/h5-7,11H,1-4H3,(H,17,18)(H,19,20). The van der Waals surface area contributed by atoms with E-state index < -0.39 is 5.97 Å². The highest BCUT2D eigenvalue weighted by Gasteiger charge is 2.68. The van der Waals surface area contributed by atoms with Gasteiger partial charge in [0.2, 0.25) is 5.91 Å². The first-order valence-electron chi connectivity index (χ1n) is 6.42. The second-order valence-electron chi connectivity index (χ2n) is 6.40. The minimum absolute atomic E-state index is 0.0429. The van der Waals surface area contributed by atoms with Gasteiger partial charge in [0.25, 0.3) is 0 Å². The number of carbonyl (C=O) groups excluding carboxylic acids is 1. The van der Waals surface area contributed by atoms with Gasteiger partial charge in [-0.25, -0.2) is 4.79 Å². The van der Waals surface area contributed by atoms with Crippen LogP contribution < -0.4 is 5.32 Å². The molecule has 0 aliphatic heterocycles. The number of hydrogen-bond acceptors (Lipinski definition) is 2. The SMILES string of the molecule is CC1(C)C(C(=O)Nc2cc(Br)cc(C(=O)O)c2)C1(C)C. The van der Waals surface area contributed by atoms with Crippen LogP contribution in [0.1, 0.15) is 38.1 Å². The zero-order valence-corrected chi connectivity index (χ0v) is 13.5. The number of benzene rings is 1. The summed E-state index contributed by atoms with van der Waals surface area (Å²) in [5.41, 5.74) is 0.557. The molecule has 0 bridgehead atoms. The third kappa shape index (κ3) is 2.35. The predicted molar refractivity (Wildman–Crippen MR) is 80.8 cm³/mol. The lowest BCUT2D eigenvalue weighted by atomic mass is 10.0. The van der Waals surface area contributed by atoms with E-state index in [1.165, 1.54) is 12.1 Å². The Morgan fingerprint density at radius 2 is 1.70 bits per heavy atom. The van der Waals surface area contributed by atoms with Crippen molar-refractivity contribution in [1.82, 2.24) is 0 Å². The summed E-state index contributed by atoms with van der Waals surface area (Å²) >= 11 is 3.25. The van der Waals surface area contributed by atoms with Gasteiger partial charge >= 0.3 is 5.97 Å². The van der Waals surface area contributed by atoms with Crippen molar-refractivity contribution in [2.75, 3.05) is 5.32 Å². The number of carboxylic acids is 1. The monoisotopic (exact) mass is 339 g/mol. The summed E-state index contributed by atoms with van der Waals surface area (Å²) in [6.07, 6.45) is 0. The van der Waals surface area contributed by atoms with Gasteiger partial charge in [0.1, 0.15) is 0 Å². The molecule has 0 saturated heterocycles. The molecule has 0 aromatic heterocycles. The Bertz CT molecular complexity index is 579. The van der Waals surface area contributed by atoms with Crippen LogP contribution >= 0.6 is 15.9 Å². The van der Waals surface area contributed by atoms with Crippen molar-refractivity contribution in [3.8, 4) is 0 Å². The van der Waals surface area contributed by atoms with Crippen molar-refractivity contribution < 1.29 is 14.7 Å². The van der Waals surface area contributed by atoms with Gasteiger partial charge in [-0.1, -0.05) is 43.6 Å². The zero-order valence-electron chi connectivity index (χ0n) is 12.0. The average Bonchev–Trinajstić information content (AvgIpc) is 2.67. The molecule has 1 amide bonds. The summed E-state index contributed by atoms with van der Waals surface area (Å²) in [5, 5.41) is 11.8. The van der Waals surface area contributed by atoms with Crippen LogP contribution in [-0.4, -0.2) is 17.0 Å². The van der Waals surface area contributed by atoms with Crippen LogP contribution in [0, 0.1) is 16.7 Å². The van der Waals surface area contributed by atoms with E-state index >= 15 is 0 Å². The van der Waals surface area contributed by atoms with Crippen LogP contribution in [0.5, 0.6) is 0 Å². The third-order valence-corrected chi connectivity index (χ3v) is 5.15. The smallest absolute Gasteiger partial charge is 0.335 e. The van der Waals surface area contributed by atoms with E-state index in [1.807, 2.05) is 0 Å². The number of carboxylic acid groups (broad SMARTS) is 1. The Kier molecular flexibility index (Phi) is 3.45. The first-order valence-corrected chi connectivity index (χ1v) is 7.21. The number of carbonyl (C=O) groups is 2. The predicted octanol–water partition coefficient (Wildman–Crippen LogP) is 3.77. The van der Waals surface area contributed by atoms with Gasteiger partial charge in [-0.05, 0) is 29.0 Å². The fourth-order valence-electron chi connectivity index (χ4n) is 2.85. The van der Waals surface area contributed by atoms with Gasteiger partial charge in [0.15, 0.2) is 0 Å². The molecule has 5 heteroatoms. The van der Waals surface area contributed by atoms with Crippen molar-refractivity contribution in [2.24, 2.45) is 16.7 Å². The molecule has 0 unspecified atom stereocenters. The van der Waals surface area contributed by atoms with Crippen molar-refractivity contribution in [2.45, 2.75) is 27.7 Å². The van der Waals surface area contributed by atoms with Crippen molar-refractivity contribution in [3.05, 3.63) is 28.2 Å². The molecule has 2 rings (SSSR count). The molecule has 1 saturated carbocycles. The van der Waals surface area contributed by atoms with Crippen molar-refractivity contribution in [1.29, 1.82) is 0 Å². The maximum atomic E-state index is 12.3. The Morgan fingerprint density at radius 3 is 2.15 bits per heavy atom. The molecule has 1 fully saturated rings. The lowest BCUT2D eigenvalue weighted by molar-refractivity contribution is -0.118. The molecule has 20 heavy (non-hydrogen) atoms. The summed E-state index contributed by atoms with van der Waals surface area (Å²) in [7, 11) is 0. The van der Waals surface area contributed by atoms with Gasteiger partial charge in [0.05, 0.1) is 5.56 Å². The first kappa shape index (κ1) is 15.0. The Balaban J connectivity index is 2.20. The molecule has 0 radical (unpaired) electrons. The Hall–Kier alpha value is -1.36. The van der Waals surface area contributed by atoms with E-state index in [1.54, 1.807) is 6.07 Å². The summed E-state index contributed by atoms with van der Waals surface area (Å²) in [6.45, 7) is 8.28. The molecule has 1 aliphatic rings. The van der Waals surface area contributed by atoms with Crippen LogP contribution in [-0.2, 0) is 4.79 Å². The summed E-state index contributed by atoms with van der Waals surface area (Å²) < 4.78 is 0.627. The molecule has 108 valence electrons. The molecule has 1 aromatic rings. The molecule has 0 spiro atoms. The lowest BCUT2D eigenvalue weighted by Gasteiger charge is -2.08. The molecule has 2 N–H and O–H groups in total. The summed E-state index contributed by atoms with van der Waals surface area (Å²) in [4.78, 5) is 23.3. The molecular formula is C15H18BrNO3. The number of amides is 1. The number of anilines is 1. The highest BCUT2D eigenvalue weighted by atomic mass is 79.9. The van der Waals surface area contributed by atoms with E-state index in [0.717, 1.165) is 0 Å². The maximum Gasteiger partial charge on any atom is 0.335 e. The zero-order chi connectivity index (χ0) is 15.3. The Labute approximate surface area is 126 Å². The molecule has 0 heterocycles. The summed E-state index contributed by atoms with van der Waals surface area (Å²) in [5.74, 6) is -1.15. The lowest BCUT2D eigenvalue weighted by Crippen LogP contribution is -2.18. The topological polar surface area (TPSA) is 66.4 Å². The maximum absolute atomic E-state index is 12.3. The van der Waals surface area contributed by atoms with Gasteiger partial charge in [-0.2, -0.15) is 0 Å². The quantitative estimate of drug-likeness (QED) is 0.880. The van der Waals surface area contributed by atoms with Gasteiger partial charge in [-0.3, -0.25) is 4.79 Å². The van der Waals surface area contributed by atoms with Gasteiger partial charge in [0, 0.05) is 16.1 Å². The molecule has 0 atom stereocenters. The minimum atomic E-state index is -1.02. The largest absolute Gasteiger partial charge is 0.478 e. The van der Waals surface area contributed by atoms with E-state index in [4.69, 9.17) is 5.11 Å². The van der Waals surface area contributed by atoms with Crippen molar-refractivity contribution in [3.63, 3.8) is 0 Å². The van der Waals surface area contributed by atoms with Crippen LogP contribution in [0.4, 0.5) is 5.69 Å². The van der Waals surface area contributed by atoms with E-state index in [9.17, 15) is 9.59 Å². The van der Waals surface area contributed by atoms with E-state index in [2.05, 4.69) is 48.9 Å². The van der Waals surface area contributed by atoms with Crippen LogP contribution in [0.3, 0.4) is 0 Å².